The van der Waals surface area contributed by atoms with Gasteiger partial charge in [0.15, 0.2) is 17.3 Å². The van der Waals surface area contributed by atoms with Crippen LogP contribution in [-0.2, 0) is 28.7 Å². The molecule has 23 heavy (non-hydrogen) atoms. The Hall–Kier alpha value is -1.41. The van der Waals surface area contributed by atoms with Crippen LogP contribution in [0, 0.1) is 0 Å². The standard InChI is InChI=1S/C15H17BrN2O4S/c1-2-3-15-17-14(18-22-15)9-23(19)8-10-6-12-13(7-11(10)16)21-5-4-20-12/h6-7H,2-5,8-9H2,1H3/t23-/m1/s1. The molecule has 0 amide bonds. The Balaban J connectivity index is 1.67. The summed E-state index contributed by atoms with van der Waals surface area (Å²) in [6.07, 6.45) is 1.68. The van der Waals surface area contributed by atoms with E-state index in [2.05, 4.69) is 26.1 Å². The Morgan fingerprint density at radius 3 is 2.70 bits per heavy atom. The zero-order chi connectivity index (χ0) is 16.2. The van der Waals surface area contributed by atoms with Crippen molar-refractivity contribution in [3.8, 4) is 11.5 Å². The van der Waals surface area contributed by atoms with Crippen LogP contribution in [0.15, 0.2) is 21.1 Å². The van der Waals surface area contributed by atoms with Gasteiger partial charge >= 0.3 is 0 Å². The molecule has 6 nitrogen and oxygen atoms in total. The van der Waals surface area contributed by atoms with E-state index in [0.29, 0.717) is 42.2 Å². The maximum atomic E-state index is 12.4. The van der Waals surface area contributed by atoms with Gasteiger partial charge in [-0.25, -0.2) is 0 Å². The van der Waals surface area contributed by atoms with E-state index in [0.717, 1.165) is 22.9 Å². The number of hydrogen-bond acceptors (Lipinski definition) is 6. The van der Waals surface area contributed by atoms with Crippen LogP contribution in [0.3, 0.4) is 0 Å². The van der Waals surface area contributed by atoms with Crippen molar-refractivity contribution < 1.29 is 18.2 Å². The third-order valence-corrected chi connectivity index (χ3v) is 5.24. The van der Waals surface area contributed by atoms with Crippen molar-refractivity contribution in [2.75, 3.05) is 13.2 Å². The second-order valence-corrected chi connectivity index (χ2v) is 7.48. The highest BCUT2D eigenvalue weighted by Crippen LogP contribution is 2.36. The van der Waals surface area contributed by atoms with Crippen molar-refractivity contribution in [2.45, 2.75) is 31.3 Å². The lowest BCUT2D eigenvalue weighted by Crippen LogP contribution is -2.15. The maximum absolute atomic E-state index is 12.4. The molecule has 0 spiro atoms. The van der Waals surface area contributed by atoms with Crippen LogP contribution in [0.25, 0.3) is 0 Å². The summed E-state index contributed by atoms with van der Waals surface area (Å²) in [5.74, 6) is 3.14. The van der Waals surface area contributed by atoms with E-state index in [4.69, 9.17) is 14.0 Å². The summed E-state index contributed by atoms with van der Waals surface area (Å²) in [5.41, 5.74) is 0.907. The van der Waals surface area contributed by atoms with Crippen LogP contribution in [0.4, 0.5) is 0 Å². The van der Waals surface area contributed by atoms with E-state index in [9.17, 15) is 4.21 Å². The van der Waals surface area contributed by atoms with Gasteiger partial charge < -0.3 is 14.0 Å². The second-order valence-electron chi connectivity index (χ2n) is 5.17. The summed E-state index contributed by atoms with van der Waals surface area (Å²) in [7, 11) is -1.14. The van der Waals surface area contributed by atoms with Crippen LogP contribution in [-0.4, -0.2) is 27.6 Å². The van der Waals surface area contributed by atoms with Crippen molar-refractivity contribution in [3.63, 3.8) is 0 Å². The Morgan fingerprint density at radius 2 is 1.96 bits per heavy atom. The third-order valence-electron chi connectivity index (χ3n) is 3.29. The number of ether oxygens (including phenoxy) is 2. The van der Waals surface area contributed by atoms with Crippen molar-refractivity contribution in [2.24, 2.45) is 0 Å². The van der Waals surface area contributed by atoms with E-state index >= 15 is 0 Å². The Bertz CT molecular complexity index is 719. The molecule has 2 aromatic rings. The van der Waals surface area contributed by atoms with Gasteiger partial charge in [0, 0.05) is 21.7 Å². The highest BCUT2D eigenvalue weighted by molar-refractivity contribution is 9.10. The number of halogens is 1. The molecule has 0 unspecified atom stereocenters. The highest BCUT2D eigenvalue weighted by atomic mass is 79.9. The molecule has 0 fully saturated rings. The quantitative estimate of drug-likeness (QED) is 0.741. The highest BCUT2D eigenvalue weighted by Gasteiger charge is 2.17. The number of aryl methyl sites for hydroxylation is 1. The maximum Gasteiger partial charge on any atom is 0.226 e. The fourth-order valence-corrected chi connectivity index (χ4v) is 3.99. The molecule has 0 aliphatic carbocycles. The van der Waals surface area contributed by atoms with Crippen molar-refractivity contribution in [1.29, 1.82) is 0 Å². The molecule has 1 atom stereocenters. The average molecular weight is 401 g/mol. The van der Waals surface area contributed by atoms with Crippen molar-refractivity contribution >= 4 is 26.7 Å². The molecule has 0 bridgehead atoms. The lowest BCUT2D eigenvalue weighted by Gasteiger charge is -2.19. The zero-order valence-corrected chi connectivity index (χ0v) is 15.1. The van der Waals surface area contributed by atoms with Gasteiger partial charge in [0.25, 0.3) is 0 Å². The summed E-state index contributed by atoms with van der Waals surface area (Å²) in [6, 6.07) is 3.73. The Labute approximate surface area is 145 Å². The fourth-order valence-electron chi connectivity index (χ4n) is 2.25. The Morgan fingerprint density at radius 1 is 1.22 bits per heavy atom. The summed E-state index contributed by atoms with van der Waals surface area (Å²) in [5, 5.41) is 3.87. The molecule has 124 valence electrons. The normalized spacial score (nSPS) is 14.7. The topological polar surface area (TPSA) is 74.5 Å². The van der Waals surface area contributed by atoms with Gasteiger partial charge in [0.05, 0.1) is 11.5 Å². The van der Waals surface area contributed by atoms with E-state index < -0.39 is 10.8 Å². The van der Waals surface area contributed by atoms with Gasteiger partial charge in [0.1, 0.15) is 13.2 Å². The van der Waals surface area contributed by atoms with Crippen LogP contribution >= 0.6 is 15.9 Å². The molecule has 1 aliphatic heterocycles. The summed E-state index contributed by atoms with van der Waals surface area (Å²) in [6.45, 7) is 3.12. The minimum absolute atomic E-state index is 0.272. The minimum atomic E-state index is -1.14. The Kier molecular flexibility index (Phi) is 5.32. The van der Waals surface area contributed by atoms with Gasteiger partial charge in [-0.15, -0.1) is 0 Å². The van der Waals surface area contributed by atoms with E-state index in [-0.39, 0.29) is 5.75 Å². The third kappa shape index (κ3) is 4.11. The van der Waals surface area contributed by atoms with Gasteiger partial charge in [-0.05, 0) is 24.1 Å². The molecule has 1 aromatic heterocycles. The molecule has 1 aromatic carbocycles. The molecular weight excluding hydrogens is 384 g/mol. The minimum Gasteiger partial charge on any atom is -0.486 e. The first-order chi connectivity index (χ1) is 11.2. The van der Waals surface area contributed by atoms with Crippen LogP contribution in [0.5, 0.6) is 11.5 Å². The summed E-state index contributed by atoms with van der Waals surface area (Å²) < 4.78 is 29.4. The largest absolute Gasteiger partial charge is 0.486 e. The fraction of sp³-hybridized carbons (Fsp3) is 0.467. The predicted molar refractivity (Wildman–Crippen MR) is 89.0 cm³/mol. The molecule has 1 aliphatic rings. The second kappa shape index (κ2) is 7.44. The number of benzene rings is 1. The number of nitrogens with zero attached hydrogens (tertiary/aromatic N) is 2. The molecule has 2 heterocycles. The average Bonchev–Trinajstić information content (AvgIpc) is 2.95. The number of fused-ring (bicyclic) bond motifs is 1. The lowest BCUT2D eigenvalue weighted by molar-refractivity contribution is 0.171. The molecule has 3 rings (SSSR count). The monoisotopic (exact) mass is 400 g/mol. The predicted octanol–water partition coefficient (Wildman–Crippen LogP) is 3.00. The number of rotatable bonds is 6. The van der Waals surface area contributed by atoms with Gasteiger partial charge in [-0.1, -0.05) is 28.0 Å². The van der Waals surface area contributed by atoms with Gasteiger partial charge in [-0.3, -0.25) is 4.21 Å². The molecule has 0 saturated carbocycles. The SMILES string of the molecule is CCCc1nc(C[S@](=O)Cc2cc3c(cc2Br)OCCO3)no1. The van der Waals surface area contributed by atoms with Gasteiger partial charge in [0.2, 0.25) is 5.89 Å². The number of aromatic nitrogens is 2. The molecule has 0 radical (unpaired) electrons. The first-order valence-electron chi connectivity index (χ1n) is 7.40. The van der Waals surface area contributed by atoms with Crippen LogP contribution in [0.2, 0.25) is 0 Å². The van der Waals surface area contributed by atoms with E-state index in [1.807, 2.05) is 19.1 Å². The van der Waals surface area contributed by atoms with Crippen LogP contribution < -0.4 is 9.47 Å². The molecule has 8 heteroatoms. The van der Waals surface area contributed by atoms with E-state index in [1.165, 1.54) is 0 Å². The molecule has 0 N–H and O–H groups in total. The summed E-state index contributed by atoms with van der Waals surface area (Å²) >= 11 is 3.49. The zero-order valence-electron chi connectivity index (χ0n) is 12.7. The first-order valence-corrected chi connectivity index (χ1v) is 9.68. The summed E-state index contributed by atoms with van der Waals surface area (Å²) in [4.78, 5) is 4.25. The molecule has 0 saturated heterocycles. The van der Waals surface area contributed by atoms with E-state index in [1.54, 1.807) is 0 Å². The lowest BCUT2D eigenvalue weighted by atomic mass is 10.2. The number of hydrogen-bond donors (Lipinski definition) is 0. The van der Waals surface area contributed by atoms with Gasteiger partial charge in [-0.2, -0.15) is 4.98 Å². The smallest absolute Gasteiger partial charge is 0.226 e. The van der Waals surface area contributed by atoms with Crippen molar-refractivity contribution in [3.05, 3.63) is 33.9 Å². The molecular formula is C15H17BrN2O4S. The van der Waals surface area contributed by atoms with Crippen LogP contribution in [0.1, 0.15) is 30.6 Å². The first kappa shape index (κ1) is 16.4. The van der Waals surface area contributed by atoms with Crippen molar-refractivity contribution in [1.82, 2.24) is 10.1 Å².